The molecule has 2 aliphatic heterocycles. The third-order valence-corrected chi connectivity index (χ3v) is 5.92. The molecule has 1 N–H and O–H groups in total. The molecule has 2 saturated heterocycles. The van der Waals surface area contributed by atoms with Gasteiger partial charge in [0.15, 0.2) is 0 Å². The molecule has 0 amide bonds. The summed E-state index contributed by atoms with van der Waals surface area (Å²) >= 11 is 1.66. The fourth-order valence-corrected chi connectivity index (χ4v) is 4.51. The molecular weight excluding hydrogens is 260 g/mol. The lowest BCUT2D eigenvalue weighted by atomic mass is 9.75. The van der Waals surface area contributed by atoms with Crippen molar-refractivity contribution in [3.63, 3.8) is 0 Å². The second kappa shape index (κ2) is 4.85. The van der Waals surface area contributed by atoms with E-state index in [-0.39, 0.29) is 11.5 Å². The summed E-state index contributed by atoms with van der Waals surface area (Å²) in [6.07, 6.45) is 2.78. The lowest BCUT2D eigenvalue weighted by Crippen LogP contribution is -2.46. The Hall–Kier alpha value is -0.420. The van der Waals surface area contributed by atoms with Crippen LogP contribution in [0.1, 0.15) is 36.6 Å². The Balaban J connectivity index is 1.83. The summed E-state index contributed by atoms with van der Waals surface area (Å²) in [5.41, 5.74) is 0.300. The minimum Gasteiger partial charge on any atom is -0.384 e. The molecule has 1 spiro atoms. The smallest absolute Gasteiger partial charge is 0.0992 e. The van der Waals surface area contributed by atoms with Crippen LogP contribution < -0.4 is 0 Å². The highest BCUT2D eigenvalue weighted by Gasteiger charge is 2.47. The molecule has 1 aromatic rings. The average Bonchev–Trinajstić information content (AvgIpc) is 2.99. The molecule has 106 valence electrons. The number of hydrogen-bond acceptors (Lipinski definition) is 4. The Morgan fingerprint density at radius 1 is 1.47 bits per heavy atom. The van der Waals surface area contributed by atoms with Gasteiger partial charge in [-0.1, -0.05) is 0 Å². The molecule has 3 unspecified atom stereocenters. The maximum absolute atomic E-state index is 11.0. The molecule has 3 rings (SSSR count). The zero-order valence-corrected chi connectivity index (χ0v) is 12.5. The van der Waals surface area contributed by atoms with Crippen molar-refractivity contribution in [2.45, 2.75) is 44.3 Å². The number of hydrogen-bond donors (Lipinski definition) is 1. The van der Waals surface area contributed by atoms with Crippen molar-refractivity contribution in [3.8, 4) is 0 Å². The fourth-order valence-electron chi connectivity index (χ4n) is 3.45. The van der Waals surface area contributed by atoms with Crippen LogP contribution in [0.5, 0.6) is 0 Å². The van der Waals surface area contributed by atoms with Crippen LogP contribution in [0.2, 0.25) is 0 Å². The van der Waals surface area contributed by atoms with E-state index < -0.39 is 5.60 Å². The van der Waals surface area contributed by atoms with Crippen molar-refractivity contribution >= 4 is 11.3 Å². The summed E-state index contributed by atoms with van der Waals surface area (Å²) in [4.78, 5) is 1.11. The highest BCUT2D eigenvalue weighted by atomic mass is 32.1. The maximum Gasteiger partial charge on any atom is 0.0992 e. The topological polar surface area (TPSA) is 38.7 Å². The van der Waals surface area contributed by atoms with E-state index in [1.807, 2.05) is 6.92 Å². The van der Waals surface area contributed by atoms with Gasteiger partial charge in [-0.15, -0.1) is 11.3 Å². The molecule has 3 nitrogen and oxygen atoms in total. The number of aliphatic hydroxyl groups is 1. The monoisotopic (exact) mass is 282 g/mol. The standard InChI is InChI=1S/C15H22O3S/c1-11-4-8-19-13(11)14(2,16)12-3-6-18-15(9-12)5-7-17-10-15/h4,8,12,16H,3,5-7,9-10H2,1-2H3. The normalized spacial score (nSPS) is 34.6. The first-order valence-electron chi connectivity index (χ1n) is 7.02. The second-order valence-corrected chi connectivity index (χ2v) is 7.02. The van der Waals surface area contributed by atoms with Gasteiger partial charge in [0.05, 0.1) is 17.8 Å². The summed E-state index contributed by atoms with van der Waals surface area (Å²) in [5.74, 6) is 0.250. The van der Waals surface area contributed by atoms with E-state index >= 15 is 0 Å². The Bertz CT molecular complexity index is 446. The summed E-state index contributed by atoms with van der Waals surface area (Å²) < 4.78 is 11.5. The van der Waals surface area contributed by atoms with Crippen LogP contribution in [0.3, 0.4) is 0 Å². The number of rotatable bonds is 2. The van der Waals surface area contributed by atoms with Gasteiger partial charge in [-0.05, 0) is 49.6 Å². The molecule has 2 fully saturated rings. The largest absolute Gasteiger partial charge is 0.384 e. The van der Waals surface area contributed by atoms with E-state index in [1.54, 1.807) is 11.3 Å². The molecule has 0 aromatic carbocycles. The minimum atomic E-state index is -0.752. The Kier molecular flexibility index (Phi) is 3.46. The highest BCUT2D eigenvalue weighted by molar-refractivity contribution is 7.10. The molecular formula is C15H22O3S. The Morgan fingerprint density at radius 3 is 2.95 bits per heavy atom. The van der Waals surface area contributed by atoms with E-state index in [0.29, 0.717) is 6.61 Å². The van der Waals surface area contributed by atoms with E-state index in [0.717, 1.165) is 37.4 Å². The summed E-state index contributed by atoms with van der Waals surface area (Å²) in [5, 5.41) is 13.1. The van der Waals surface area contributed by atoms with Gasteiger partial charge in [-0.2, -0.15) is 0 Å². The molecule has 2 aliphatic rings. The van der Waals surface area contributed by atoms with Crippen molar-refractivity contribution in [2.75, 3.05) is 19.8 Å². The van der Waals surface area contributed by atoms with E-state index in [4.69, 9.17) is 9.47 Å². The van der Waals surface area contributed by atoms with Crippen LogP contribution in [0.25, 0.3) is 0 Å². The summed E-state index contributed by atoms with van der Waals surface area (Å²) in [6.45, 7) is 6.24. The van der Waals surface area contributed by atoms with Crippen molar-refractivity contribution in [2.24, 2.45) is 5.92 Å². The van der Waals surface area contributed by atoms with Gasteiger partial charge in [-0.3, -0.25) is 0 Å². The van der Waals surface area contributed by atoms with Crippen LogP contribution in [-0.2, 0) is 15.1 Å². The first-order valence-corrected chi connectivity index (χ1v) is 7.90. The molecule has 3 atom stereocenters. The zero-order valence-electron chi connectivity index (χ0n) is 11.6. The first-order chi connectivity index (χ1) is 9.04. The molecule has 1 aromatic heterocycles. The van der Waals surface area contributed by atoms with Gasteiger partial charge in [0.2, 0.25) is 0 Å². The number of thiophene rings is 1. The lowest BCUT2D eigenvalue weighted by molar-refractivity contribution is -0.140. The van der Waals surface area contributed by atoms with Gasteiger partial charge >= 0.3 is 0 Å². The maximum atomic E-state index is 11.0. The van der Waals surface area contributed by atoms with E-state index in [1.165, 1.54) is 5.56 Å². The quantitative estimate of drug-likeness (QED) is 0.906. The summed E-state index contributed by atoms with van der Waals surface area (Å²) in [7, 11) is 0. The minimum absolute atomic E-state index is 0.141. The predicted molar refractivity (Wildman–Crippen MR) is 75.5 cm³/mol. The molecule has 0 radical (unpaired) electrons. The van der Waals surface area contributed by atoms with Crippen molar-refractivity contribution in [1.29, 1.82) is 0 Å². The van der Waals surface area contributed by atoms with Gasteiger partial charge < -0.3 is 14.6 Å². The average molecular weight is 282 g/mol. The Morgan fingerprint density at radius 2 is 2.32 bits per heavy atom. The van der Waals surface area contributed by atoms with Crippen LogP contribution in [0.4, 0.5) is 0 Å². The number of aryl methyl sites for hydroxylation is 1. The van der Waals surface area contributed by atoms with Crippen LogP contribution in [0, 0.1) is 12.8 Å². The van der Waals surface area contributed by atoms with Crippen LogP contribution in [0.15, 0.2) is 11.4 Å². The summed E-state index contributed by atoms with van der Waals surface area (Å²) in [6, 6.07) is 2.09. The van der Waals surface area contributed by atoms with Crippen LogP contribution in [-0.4, -0.2) is 30.5 Å². The third-order valence-electron chi connectivity index (χ3n) is 4.68. The van der Waals surface area contributed by atoms with E-state index in [2.05, 4.69) is 18.4 Å². The lowest BCUT2D eigenvalue weighted by Gasteiger charge is -2.43. The zero-order chi connectivity index (χ0) is 13.5. The van der Waals surface area contributed by atoms with Gasteiger partial charge in [-0.25, -0.2) is 0 Å². The van der Waals surface area contributed by atoms with Gasteiger partial charge in [0.1, 0.15) is 0 Å². The molecule has 0 bridgehead atoms. The van der Waals surface area contributed by atoms with Crippen LogP contribution >= 0.6 is 11.3 Å². The number of ether oxygens (including phenoxy) is 2. The third kappa shape index (κ3) is 2.35. The highest BCUT2D eigenvalue weighted by Crippen LogP contribution is 2.45. The molecule has 4 heteroatoms. The fraction of sp³-hybridized carbons (Fsp3) is 0.733. The molecule has 0 aliphatic carbocycles. The molecule has 3 heterocycles. The SMILES string of the molecule is Cc1ccsc1C(C)(O)C1CCOC2(CCOC2)C1. The first kappa shape index (κ1) is 13.6. The van der Waals surface area contributed by atoms with Crippen molar-refractivity contribution in [1.82, 2.24) is 0 Å². The van der Waals surface area contributed by atoms with Crippen molar-refractivity contribution in [3.05, 3.63) is 21.9 Å². The Labute approximate surface area is 118 Å². The van der Waals surface area contributed by atoms with Gasteiger partial charge in [0.25, 0.3) is 0 Å². The van der Waals surface area contributed by atoms with E-state index in [9.17, 15) is 5.11 Å². The van der Waals surface area contributed by atoms with Crippen molar-refractivity contribution < 1.29 is 14.6 Å². The molecule has 19 heavy (non-hydrogen) atoms. The van der Waals surface area contributed by atoms with Gasteiger partial charge in [0, 0.05) is 24.5 Å². The second-order valence-electron chi connectivity index (χ2n) is 6.10. The predicted octanol–water partition coefficient (Wildman–Crippen LogP) is 2.85. The molecule has 0 saturated carbocycles.